The van der Waals surface area contributed by atoms with Crippen molar-refractivity contribution in [1.29, 1.82) is 0 Å². The molecule has 154 valence electrons. The minimum Gasteiger partial charge on any atom is -0.445 e. The van der Waals surface area contributed by atoms with Crippen LogP contribution in [0.5, 0.6) is 0 Å². The SMILES string of the molecule is [N-]=[N+]=NCCCCc1ccc(NCc2coc(/C=C/c3ccc(Br)cc3F)n2)cc1. The topological polar surface area (TPSA) is 86.8 Å². The lowest BCUT2D eigenvalue weighted by atomic mass is 10.1. The standard InChI is InChI=1S/C22H21BrFN5O/c23-18-8-6-17(21(24)13-18)7-11-22-28-20(15-30-22)14-26-19-9-4-16(5-10-19)3-1-2-12-27-29-25/h4-11,13,15,26H,1-3,12,14H2/b11-7+. The molecule has 2 aromatic carbocycles. The van der Waals surface area contributed by atoms with Crippen LogP contribution in [0.1, 0.15) is 35.6 Å². The van der Waals surface area contributed by atoms with Crippen LogP contribution in [0.25, 0.3) is 22.6 Å². The number of oxazole rings is 1. The summed E-state index contributed by atoms with van der Waals surface area (Å²) in [5.74, 6) is 0.110. The van der Waals surface area contributed by atoms with Crippen molar-refractivity contribution in [2.75, 3.05) is 11.9 Å². The van der Waals surface area contributed by atoms with Crippen LogP contribution in [-0.2, 0) is 13.0 Å². The third-order valence-corrected chi connectivity index (χ3v) is 4.90. The number of nitrogens with zero attached hydrogens (tertiary/aromatic N) is 4. The summed E-state index contributed by atoms with van der Waals surface area (Å²) in [5, 5.41) is 6.85. The molecule has 0 saturated heterocycles. The molecule has 3 rings (SSSR count). The van der Waals surface area contributed by atoms with Crippen LogP contribution in [0.15, 0.2) is 62.7 Å². The highest BCUT2D eigenvalue weighted by Gasteiger charge is 2.03. The number of hydrogen-bond acceptors (Lipinski definition) is 4. The lowest BCUT2D eigenvalue weighted by molar-refractivity contribution is 0.545. The van der Waals surface area contributed by atoms with Crippen molar-refractivity contribution in [1.82, 2.24) is 4.98 Å². The van der Waals surface area contributed by atoms with Crippen molar-refractivity contribution < 1.29 is 8.81 Å². The summed E-state index contributed by atoms with van der Waals surface area (Å²) in [6.45, 7) is 1.07. The fourth-order valence-electron chi connectivity index (χ4n) is 2.82. The Morgan fingerprint density at radius 1 is 1.17 bits per heavy atom. The number of nitrogens with one attached hydrogen (secondary N) is 1. The minimum absolute atomic E-state index is 0.312. The van der Waals surface area contributed by atoms with E-state index in [0.29, 0.717) is 29.0 Å². The molecule has 3 aromatic rings. The molecule has 0 bridgehead atoms. The zero-order valence-corrected chi connectivity index (χ0v) is 17.8. The molecular weight excluding hydrogens is 449 g/mol. The molecule has 1 N–H and O–H groups in total. The summed E-state index contributed by atoms with van der Waals surface area (Å²) in [5.41, 5.74) is 11.7. The summed E-state index contributed by atoms with van der Waals surface area (Å²) >= 11 is 3.24. The molecule has 0 atom stereocenters. The first-order chi connectivity index (χ1) is 14.6. The second-order valence-corrected chi connectivity index (χ2v) is 7.55. The van der Waals surface area contributed by atoms with Gasteiger partial charge in [0.1, 0.15) is 12.1 Å². The summed E-state index contributed by atoms with van der Waals surface area (Å²) in [7, 11) is 0. The second-order valence-electron chi connectivity index (χ2n) is 6.64. The molecule has 0 spiro atoms. The van der Waals surface area contributed by atoms with E-state index in [2.05, 4.69) is 48.4 Å². The van der Waals surface area contributed by atoms with E-state index >= 15 is 0 Å². The van der Waals surface area contributed by atoms with Crippen LogP contribution in [-0.4, -0.2) is 11.5 Å². The number of aryl methyl sites for hydroxylation is 1. The van der Waals surface area contributed by atoms with Crippen LogP contribution in [0.3, 0.4) is 0 Å². The molecule has 0 aliphatic rings. The zero-order chi connectivity index (χ0) is 21.2. The highest BCUT2D eigenvalue weighted by atomic mass is 79.9. The molecule has 6 nitrogen and oxygen atoms in total. The fourth-order valence-corrected chi connectivity index (χ4v) is 3.15. The summed E-state index contributed by atoms with van der Waals surface area (Å²) in [4.78, 5) is 7.14. The van der Waals surface area contributed by atoms with Gasteiger partial charge in [0.25, 0.3) is 0 Å². The second kappa shape index (κ2) is 11.2. The van der Waals surface area contributed by atoms with Gasteiger partial charge in [0, 0.05) is 33.3 Å². The third-order valence-electron chi connectivity index (χ3n) is 4.40. The number of rotatable bonds is 10. The predicted molar refractivity (Wildman–Crippen MR) is 120 cm³/mol. The van der Waals surface area contributed by atoms with Gasteiger partial charge in [-0.1, -0.05) is 39.2 Å². The Kier molecular flexibility index (Phi) is 8.06. The molecule has 30 heavy (non-hydrogen) atoms. The molecule has 1 heterocycles. The monoisotopic (exact) mass is 469 g/mol. The van der Waals surface area contributed by atoms with Crippen molar-refractivity contribution in [3.63, 3.8) is 0 Å². The van der Waals surface area contributed by atoms with Gasteiger partial charge >= 0.3 is 0 Å². The minimum atomic E-state index is -0.312. The van der Waals surface area contributed by atoms with Crippen LogP contribution in [0, 0.1) is 5.82 Å². The first kappa shape index (κ1) is 21.6. The van der Waals surface area contributed by atoms with Gasteiger partial charge in [-0.15, -0.1) is 0 Å². The average molecular weight is 470 g/mol. The maximum absolute atomic E-state index is 13.9. The number of aromatic nitrogens is 1. The van der Waals surface area contributed by atoms with E-state index in [4.69, 9.17) is 9.95 Å². The lowest BCUT2D eigenvalue weighted by Gasteiger charge is -2.06. The number of anilines is 1. The number of unbranched alkanes of at least 4 members (excludes halogenated alkanes) is 1. The zero-order valence-electron chi connectivity index (χ0n) is 16.3. The lowest BCUT2D eigenvalue weighted by Crippen LogP contribution is -1.99. The van der Waals surface area contributed by atoms with Gasteiger partial charge in [0.15, 0.2) is 0 Å². The number of azide groups is 1. The van der Waals surface area contributed by atoms with Crippen molar-refractivity contribution in [3.05, 3.63) is 92.2 Å². The molecule has 1 aromatic heterocycles. The smallest absolute Gasteiger partial charge is 0.218 e. The van der Waals surface area contributed by atoms with Crippen molar-refractivity contribution in [2.24, 2.45) is 5.11 Å². The highest BCUT2D eigenvalue weighted by Crippen LogP contribution is 2.18. The predicted octanol–water partition coefficient (Wildman–Crippen LogP) is 6.99. The Morgan fingerprint density at radius 2 is 2.00 bits per heavy atom. The quantitative estimate of drug-likeness (QED) is 0.150. The van der Waals surface area contributed by atoms with Crippen LogP contribution in [0.4, 0.5) is 10.1 Å². The van der Waals surface area contributed by atoms with E-state index in [0.717, 1.165) is 30.6 Å². The highest BCUT2D eigenvalue weighted by molar-refractivity contribution is 9.10. The molecule has 0 unspecified atom stereocenters. The van der Waals surface area contributed by atoms with E-state index < -0.39 is 0 Å². The molecule has 0 aliphatic carbocycles. The normalized spacial score (nSPS) is 10.9. The molecule has 0 radical (unpaired) electrons. The van der Waals surface area contributed by atoms with Gasteiger partial charge in [0.05, 0.1) is 12.2 Å². The molecule has 0 aliphatic heterocycles. The molecule has 8 heteroatoms. The van der Waals surface area contributed by atoms with Crippen molar-refractivity contribution in [2.45, 2.75) is 25.8 Å². The van der Waals surface area contributed by atoms with Gasteiger partial charge in [-0.05, 0) is 60.7 Å². The third kappa shape index (κ3) is 6.76. The Labute approximate surface area is 182 Å². The molecular formula is C22H21BrFN5O. The maximum atomic E-state index is 13.9. The van der Waals surface area contributed by atoms with Gasteiger partial charge < -0.3 is 9.73 Å². The van der Waals surface area contributed by atoms with Gasteiger partial charge in [-0.25, -0.2) is 9.37 Å². The number of benzene rings is 2. The van der Waals surface area contributed by atoms with Crippen molar-refractivity contribution >= 4 is 33.8 Å². The number of hydrogen-bond donors (Lipinski definition) is 1. The Balaban J connectivity index is 1.48. The Bertz CT molecular complexity index is 1040. The molecule has 0 amide bonds. The van der Waals surface area contributed by atoms with Crippen molar-refractivity contribution in [3.8, 4) is 0 Å². The van der Waals surface area contributed by atoms with E-state index in [9.17, 15) is 4.39 Å². The summed E-state index contributed by atoms with van der Waals surface area (Å²) in [6, 6.07) is 13.1. The van der Waals surface area contributed by atoms with Gasteiger partial charge in [-0.3, -0.25) is 0 Å². The first-order valence-electron chi connectivity index (χ1n) is 9.55. The average Bonchev–Trinajstić information content (AvgIpc) is 3.20. The maximum Gasteiger partial charge on any atom is 0.218 e. The Hall–Kier alpha value is -3.09. The van der Waals surface area contributed by atoms with E-state index in [1.165, 1.54) is 11.6 Å². The van der Waals surface area contributed by atoms with Gasteiger partial charge in [0.2, 0.25) is 5.89 Å². The summed E-state index contributed by atoms with van der Waals surface area (Å²) in [6.07, 6.45) is 7.71. The van der Waals surface area contributed by atoms with Gasteiger partial charge in [-0.2, -0.15) is 0 Å². The van der Waals surface area contributed by atoms with E-state index in [1.54, 1.807) is 30.5 Å². The van der Waals surface area contributed by atoms with Crippen LogP contribution >= 0.6 is 15.9 Å². The first-order valence-corrected chi connectivity index (χ1v) is 10.3. The fraction of sp³-hybridized carbons (Fsp3) is 0.227. The molecule has 0 saturated carbocycles. The van der Waals surface area contributed by atoms with Crippen LogP contribution in [0.2, 0.25) is 0 Å². The van der Waals surface area contributed by atoms with E-state index in [1.807, 2.05) is 12.1 Å². The summed E-state index contributed by atoms with van der Waals surface area (Å²) < 4.78 is 20.0. The number of halogens is 2. The Morgan fingerprint density at radius 3 is 2.77 bits per heavy atom. The van der Waals surface area contributed by atoms with Crippen LogP contribution < -0.4 is 5.32 Å². The van der Waals surface area contributed by atoms with E-state index in [-0.39, 0.29) is 5.82 Å². The largest absolute Gasteiger partial charge is 0.445 e. The molecule has 0 fully saturated rings.